The van der Waals surface area contributed by atoms with Gasteiger partial charge in [-0.25, -0.2) is 4.98 Å². The third kappa shape index (κ3) is 4.30. The maximum Gasteiger partial charge on any atom is 0.105 e. The molecule has 1 aromatic heterocycles. The van der Waals surface area contributed by atoms with Gasteiger partial charge in [0, 0.05) is 31.0 Å². The summed E-state index contributed by atoms with van der Waals surface area (Å²) in [7, 11) is 0. The molecular formula is C12H21N3. The van der Waals surface area contributed by atoms with Gasteiger partial charge >= 0.3 is 0 Å². The average molecular weight is 207 g/mol. The summed E-state index contributed by atoms with van der Waals surface area (Å²) in [6.45, 7) is 14.2. The third-order valence-electron chi connectivity index (χ3n) is 2.19. The molecule has 0 aliphatic carbocycles. The normalized spacial score (nSPS) is 11.7. The van der Waals surface area contributed by atoms with E-state index in [-0.39, 0.29) is 5.54 Å². The Balaban J connectivity index is 2.41. The predicted octanol–water partition coefficient (Wildman–Crippen LogP) is 2.14. The minimum Gasteiger partial charge on any atom is -0.331 e. The van der Waals surface area contributed by atoms with Crippen LogP contribution in [0.15, 0.2) is 24.5 Å². The van der Waals surface area contributed by atoms with E-state index in [4.69, 9.17) is 0 Å². The third-order valence-corrected chi connectivity index (χ3v) is 2.19. The molecule has 1 rings (SSSR count). The van der Waals surface area contributed by atoms with Gasteiger partial charge < -0.3 is 9.88 Å². The Morgan fingerprint density at radius 2 is 2.20 bits per heavy atom. The molecular weight excluding hydrogens is 186 g/mol. The summed E-state index contributed by atoms with van der Waals surface area (Å²) in [5, 5.41) is 3.42. The SMILES string of the molecule is C=C(CNC(C)(C)C)Cn1ccnc1C. The minimum atomic E-state index is 0.146. The molecule has 0 saturated heterocycles. The fraction of sp³-hybridized carbons (Fsp3) is 0.583. The standard InChI is InChI=1S/C12H21N3/c1-10(8-14-12(3,4)5)9-15-7-6-13-11(15)2/h6-7,14H,1,8-9H2,2-5H3. The Hall–Kier alpha value is -1.09. The average Bonchev–Trinajstić information content (AvgIpc) is 2.47. The molecule has 84 valence electrons. The number of hydrogen-bond donors (Lipinski definition) is 1. The van der Waals surface area contributed by atoms with Gasteiger partial charge in [-0.3, -0.25) is 0 Å². The van der Waals surface area contributed by atoms with E-state index in [1.807, 2.05) is 19.3 Å². The van der Waals surface area contributed by atoms with Gasteiger partial charge in [-0.15, -0.1) is 0 Å². The highest BCUT2D eigenvalue weighted by molar-refractivity contribution is 5.02. The molecule has 3 nitrogen and oxygen atoms in total. The van der Waals surface area contributed by atoms with Gasteiger partial charge in [-0.05, 0) is 33.3 Å². The summed E-state index contributed by atoms with van der Waals surface area (Å²) < 4.78 is 2.10. The van der Waals surface area contributed by atoms with Crippen molar-refractivity contribution in [3.8, 4) is 0 Å². The van der Waals surface area contributed by atoms with Crippen LogP contribution >= 0.6 is 0 Å². The van der Waals surface area contributed by atoms with Crippen molar-refractivity contribution in [2.75, 3.05) is 6.54 Å². The monoisotopic (exact) mass is 207 g/mol. The van der Waals surface area contributed by atoms with Crippen molar-refractivity contribution in [3.63, 3.8) is 0 Å². The first-order valence-electron chi connectivity index (χ1n) is 5.28. The number of imidazole rings is 1. The van der Waals surface area contributed by atoms with Gasteiger partial charge in [-0.2, -0.15) is 0 Å². The molecule has 0 aromatic carbocycles. The second kappa shape index (κ2) is 4.62. The van der Waals surface area contributed by atoms with Crippen LogP contribution in [0.1, 0.15) is 26.6 Å². The van der Waals surface area contributed by atoms with E-state index in [0.29, 0.717) is 0 Å². The van der Waals surface area contributed by atoms with E-state index in [1.54, 1.807) is 0 Å². The smallest absolute Gasteiger partial charge is 0.105 e. The van der Waals surface area contributed by atoms with E-state index in [1.165, 1.54) is 5.57 Å². The summed E-state index contributed by atoms with van der Waals surface area (Å²) in [6, 6.07) is 0. The lowest BCUT2D eigenvalue weighted by Crippen LogP contribution is -2.37. The lowest BCUT2D eigenvalue weighted by Gasteiger charge is -2.21. The molecule has 1 aromatic rings. The molecule has 1 N–H and O–H groups in total. The summed E-state index contributed by atoms with van der Waals surface area (Å²) >= 11 is 0. The second-order valence-corrected chi connectivity index (χ2v) is 4.96. The fourth-order valence-corrected chi connectivity index (χ4v) is 1.26. The Kier molecular flexibility index (Phi) is 3.69. The predicted molar refractivity (Wildman–Crippen MR) is 63.9 cm³/mol. The van der Waals surface area contributed by atoms with Crippen molar-refractivity contribution in [2.45, 2.75) is 39.8 Å². The van der Waals surface area contributed by atoms with Crippen LogP contribution in [0.2, 0.25) is 0 Å². The number of nitrogens with one attached hydrogen (secondary N) is 1. The molecule has 0 spiro atoms. The van der Waals surface area contributed by atoms with Crippen molar-refractivity contribution in [1.82, 2.24) is 14.9 Å². The van der Waals surface area contributed by atoms with Crippen LogP contribution in [0, 0.1) is 6.92 Å². The largest absolute Gasteiger partial charge is 0.331 e. The van der Waals surface area contributed by atoms with Crippen LogP contribution in [-0.4, -0.2) is 21.6 Å². The topological polar surface area (TPSA) is 29.9 Å². The van der Waals surface area contributed by atoms with Crippen molar-refractivity contribution >= 4 is 0 Å². The Labute approximate surface area is 92.2 Å². The number of aromatic nitrogens is 2. The van der Waals surface area contributed by atoms with Crippen LogP contribution in [0.25, 0.3) is 0 Å². The quantitative estimate of drug-likeness (QED) is 0.767. The van der Waals surface area contributed by atoms with Gasteiger partial charge in [0.05, 0.1) is 0 Å². The van der Waals surface area contributed by atoms with Crippen LogP contribution in [0.4, 0.5) is 0 Å². The molecule has 0 unspecified atom stereocenters. The maximum absolute atomic E-state index is 4.18. The first kappa shape index (κ1) is 12.0. The molecule has 0 bridgehead atoms. The van der Waals surface area contributed by atoms with Crippen molar-refractivity contribution in [1.29, 1.82) is 0 Å². The molecule has 0 fully saturated rings. The second-order valence-electron chi connectivity index (χ2n) is 4.96. The molecule has 0 atom stereocenters. The van der Waals surface area contributed by atoms with Gasteiger partial charge in [0.25, 0.3) is 0 Å². The van der Waals surface area contributed by atoms with E-state index in [2.05, 4.69) is 42.2 Å². The molecule has 15 heavy (non-hydrogen) atoms. The zero-order valence-corrected chi connectivity index (χ0v) is 10.2. The van der Waals surface area contributed by atoms with Crippen LogP contribution in [0.3, 0.4) is 0 Å². The maximum atomic E-state index is 4.18. The van der Waals surface area contributed by atoms with Gasteiger partial charge in [0.15, 0.2) is 0 Å². The Morgan fingerprint density at radius 3 is 2.67 bits per heavy atom. The summed E-state index contributed by atoms with van der Waals surface area (Å²) in [6.07, 6.45) is 3.80. The first-order chi connectivity index (χ1) is 6.88. The highest BCUT2D eigenvalue weighted by atomic mass is 15.1. The zero-order valence-electron chi connectivity index (χ0n) is 10.2. The lowest BCUT2D eigenvalue weighted by molar-refractivity contribution is 0.440. The van der Waals surface area contributed by atoms with Gasteiger partial charge in [0.1, 0.15) is 5.82 Å². The van der Waals surface area contributed by atoms with E-state index in [9.17, 15) is 0 Å². The summed E-state index contributed by atoms with van der Waals surface area (Å²) in [5.74, 6) is 1.03. The van der Waals surface area contributed by atoms with E-state index < -0.39 is 0 Å². The minimum absolute atomic E-state index is 0.146. The zero-order chi connectivity index (χ0) is 11.5. The molecule has 3 heteroatoms. The molecule has 1 heterocycles. The first-order valence-corrected chi connectivity index (χ1v) is 5.28. The highest BCUT2D eigenvalue weighted by Gasteiger charge is 2.09. The molecule has 0 radical (unpaired) electrons. The molecule has 0 aliphatic heterocycles. The summed E-state index contributed by atoms with van der Waals surface area (Å²) in [4.78, 5) is 4.18. The molecule has 0 aliphatic rings. The van der Waals surface area contributed by atoms with Crippen molar-refractivity contribution < 1.29 is 0 Å². The number of nitrogens with zero attached hydrogens (tertiary/aromatic N) is 2. The fourth-order valence-electron chi connectivity index (χ4n) is 1.26. The van der Waals surface area contributed by atoms with Crippen molar-refractivity contribution in [2.24, 2.45) is 0 Å². The Morgan fingerprint density at radius 1 is 1.53 bits per heavy atom. The van der Waals surface area contributed by atoms with Crippen LogP contribution in [0.5, 0.6) is 0 Å². The van der Waals surface area contributed by atoms with E-state index in [0.717, 1.165) is 18.9 Å². The number of hydrogen-bond acceptors (Lipinski definition) is 2. The number of aryl methyl sites for hydroxylation is 1. The number of rotatable bonds is 4. The van der Waals surface area contributed by atoms with Crippen LogP contribution < -0.4 is 5.32 Å². The Bertz CT molecular complexity index is 331. The van der Waals surface area contributed by atoms with Gasteiger partial charge in [-0.1, -0.05) is 6.58 Å². The van der Waals surface area contributed by atoms with Gasteiger partial charge in [0.2, 0.25) is 0 Å². The molecule has 0 saturated carbocycles. The molecule has 0 amide bonds. The highest BCUT2D eigenvalue weighted by Crippen LogP contribution is 2.03. The summed E-state index contributed by atoms with van der Waals surface area (Å²) in [5.41, 5.74) is 1.32. The van der Waals surface area contributed by atoms with E-state index >= 15 is 0 Å². The lowest BCUT2D eigenvalue weighted by atomic mass is 10.1. The van der Waals surface area contributed by atoms with Crippen molar-refractivity contribution in [3.05, 3.63) is 30.4 Å². The van der Waals surface area contributed by atoms with Crippen LogP contribution in [-0.2, 0) is 6.54 Å².